The van der Waals surface area contributed by atoms with Gasteiger partial charge in [-0.25, -0.2) is 4.68 Å². The number of ether oxygens (including phenoxy) is 2. The molecule has 0 aliphatic carbocycles. The van der Waals surface area contributed by atoms with E-state index >= 15 is 0 Å². The van der Waals surface area contributed by atoms with Gasteiger partial charge in [-0.05, 0) is 66.2 Å². The second-order valence-corrected chi connectivity index (χ2v) is 10.7. The van der Waals surface area contributed by atoms with Crippen molar-refractivity contribution < 1.29 is 14.3 Å². The molecule has 1 amide bonds. The van der Waals surface area contributed by atoms with Crippen LogP contribution in [0.25, 0.3) is 15.9 Å². The first-order valence-electron chi connectivity index (χ1n) is 11.7. The van der Waals surface area contributed by atoms with E-state index in [-0.39, 0.29) is 11.9 Å². The molecule has 8 heteroatoms. The van der Waals surface area contributed by atoms with Gasteiger partial charge in [-0.2, -0.15) is 5.10 Å². The Labute approximate surface area is 217 Å². The largest absolute Gasteiger partial charge is 0.493 e. The first-order chi connectivity index (χ1) is 17.6. The average Bonchev–Trinajstić information content (AvgIpc) is 3.66. The summed E-state index contributed by atoms with van der Waals surface area (Å²) in [6, 6.07) is 20.1. The number of para-hydroxylation sites is 1. The van der Waals surface area contributed by atoms with Crippen molar-refractivity contribution in [3.8, 4) is 17.2 Å². The Morgan fingerprint density at radius 2 is 1.81 bits per heavy atom. The Balaban J connectivity index is 1.44. The first kappa shape index (κ1) is 22.8. The summed E-state index contributed by atoms with van der Waals surface area (Å²) in [5, 5.41) is 7.81. The third-order valence-electron chi connectivity index (χ3n) is 6.70. The topological polar surface area (TPSA) is 56.6 Å². The number of hydrogen-bond acceptors (Lipinski definition) is 6. The minimum absolute atomic E-state index is 0.0362. The van der Waals surface area contributed by atoms with Crippen molar-refractivity contribution in [1.82, 2.24) is 14.7 Å². The number of benzene rings is 2. The Bertz CT molecular complexity index is 1550. The van der Waals surface area contributed by atoms with Crippen LogP contribution in [0.5, 0.6) is 11.5 Å². The zero-order valence-electron chi connectivity index (χ0n) is 20.2. The lowest BCUT2D eigenvalue weighted by Gasteiger charge is -2.37. The number of carbonyl (C=O) groups is 1. The number of nitrogens with zero attached hydrogens (tertiary/aromatic N) is 3. The van der Waals surface area contributed by atoms with Crippen molar-refractivity contribution in [2.24, 2.45) is 0 Å². The van der Waals surface area contributed by atoms with Gasteiger partial charge >= 0.3 is 0 Å². The minimum atomic E-state index is -0.182. The molecule has 0 spiro atoms. The molecule has 5 aromatic rings. The number of aryl methyl sites for hydroxylation is 1. The van der Waals surface area contributed by atoms with Gasteiger partial charge in [0, 0.05) is 16.8 Å². The van der Waals surface area contributed by atoms with Gasteiger partial charge in [-0.15, -0.1) is 22.7 Å². The number of aromatic nitrogens is 2. The predicted octanol–water partition coefficient (Wildman–Crippen LogP) is 6.26. The number of hydrogen-bond donors (Lipinski definition) is 0. The van der Waals surface area contributed by atoms with Crippen LogP contribution in [-0.4, -0.2) is 41.4 Å². The number of rotatable bonds is 5. The highest BCUT2D eigenvalue weighted by atomic mass is 32.1. The van der Waals surface area contributed by atoms with Crippen molar-refractivity contribution >= 4 is 38.8 Å². The second-order valence-electron chi connectivity index (χ2n) is 8.73. The lowest BCUT2D eigenvalue weighted by molar-refractivity contribution is 0.0702. The molecule has 0 bridgehead atoms. The molecule has 182 valence electrons. The van der Waals surface area contributed by atoms with Crippen LogP contribution in [0.2, 0.25) is 0 Å². The van der Waals surface area contributed by atoms with Gasteiger partial charge in [0.1, 0.15) is 4.83 Å². The van der Waals surface area contributed by atoms with Crippen LogP contribution >= 0.6 is 22.7 Å². The molecule has 6 nitrogen and oxygen atoms in total. The van der Waals surface area contributed by atoms with Crippen LogP contribution in [0.3, 0.4) is 0 Å². The number of thiophene rings is 2. The van der Waals surface area contributed by atoms with Crippen LogP contribution in [0.1, 0.15) is 37.4 Å². The van der Waals surface area contributed by atoms with Crippen LogP contribution < -0.4 is 9.47 Å². The zero-order chi connectivity index (χ0) is 24.8. The summed E-state index contributed by atoms with van der Waals surface area (Å²) in [5.41, 5.74) is 4.17. The van der Waals surface area contributed by atoms with Crippen molar-refractivity contribution in [2.45, 2.75) is 19.4 Å². The van der Waals surface area contributed by atoms with Gasteiger partial charge in [0.2, 0.25) is 0 Å². The van der Waals surface area contributed by atoms with Crippen molar-refractivity contribution in [1.29, 1.82) is 0 Å². The van der Waals surface area contributed by atoms with Gasteiger partial charge in [-0.1, -0.05) is 24.3 Å². The molecule has 0 saturated carbocycles. The molecule has 36 heavy (non-hydrogen) atoms. The molecular formula is C28H25N3O3S2. The fourth-order valence-electron chi connectivity index (χ4n) is 4.96. The molecule has 1 aliphatic rings. The molecule has 1 atom stereocenters. The summed E-state index contributed by atoms with van der Waals surface area (Å²) in [4.78, 5) is 18.9. The van der Waals surface area contributed by atoms with Crippen LogP contribution in [0.4, 0.5) is 0 Å². The van der Waals surface area contributed by atoms with E-state index in [1.54, 1.807) is 25.6 Å². The fourth-order valence-corrected chi connectivity index (χ4v) is 6.95. The molecule has 0 N–H and O–H groups in total. The molecule has 3 aromatic heterocycles. The van der Waals surface area contributed by atoms with Gasteiger partial charge < -0.3 is 14.4 Å². The van der Waals surface area contributed by atoms with Gasteiger partial charge in [0.05, 0.1) is 36.5 Å². The summed E-state index contributed by atoms with van der Waals surface area (Å²) in [5.74, 6) is 1.42. The maximum absolute atomic E-state index is 14.1. The van der Waals surface area contributed by atoms with Gasteiger partial charge in [-0.3, -0.25) is 4.79 Å². The molecule has 0 radical (unpaired) electrons. The molecule has 1 aliphatic heterocycles. The highest BCUT2D eigenvalue weighted by molar-refractivity contribution is 7.20. The summed E-state index contributed by atoms with van der Waals surface area (Å²) in [6.07, 6.45) is 0.755. The zero-order valence-corrected chi connectivity index (χ0v) is 21.9. The lowest BCUT2D eigenvalue weighted by atomic mass is 9.90. The molecular weight excluding hydrogens is 490 g/mol. The van der Waals surface area contributed by atoms with Crippen molar-refractivity contribution in [3.63, 3.8) is 0 Å². The van der Waals surface area contributed by atoms with Crippen molar-refractivity contribution in [2.75, 3.05) is 20.8 Å². The maximum atomic E-state index is 14.1. The monoisotopic (exact) mass is 515 g/mol. The molecule has 0 unspecified atom stereocenters. The van der Waals surface area contributed by atoms with Crippen molar-refractivity contribution in [3.05, 3.63) is 92.6 Å². The molecule has 6 rings (SSSR count). The third-order valence-corrected chi connectivity index (χ3v) is 8.73. The Hall–Kier alpha value is -3.62. The van der Waals surface area contributed by atoms with E-state index < -0.39 is 0 Å². The SMILES string of the molecule is COc1cc2c(cc1OC)[C@H](c1cccs1)N(C(=O)c1cc3c(C)nn(-c4ccccc4)c3s1)CC2. The molecule has 0 fully saturated rings. The number of methoxy groups -OCH3 is 2. The quantitative estimate of drug-likeness (QED) is 0.277. The van der Waals surface area contributed by atoms with Crippen LogP contribution in [0, 0.1) is 6.92 Å². The molecule has 2 aromatic carbocycles. The van der Waals surface area contributed by atoms with Gasteiger partial charge in [0.25, 0.3) is 5.91 Å². The lowest BCUT2D eigenvalue weighted by Crippen LogP contribution is -2.40. The van der Waals surface area contributed by atoms with Crippen LogP contribution in [-0.2, 0) is 6.42 Å². The standard InChI is InChI=1S/C28H25N3O3S2/c1-17-20-16-25(36-28(20)31(29-17)19-8-5-4-6-9-19)27(32)30-12-11-18-14-22(33-2)23(34-3)15-21(18)26(30)24-10-7-13-35-24/h4-10,13-16,26H,11-12H2,1-3H3/t26-/m1/s1. The highest BCUT2D eigenvalue weighted by Crippen LogP contribution is 2.43. The maximum Gasteiger partial charge on any atom is 0.264 e. The Kier molecular flexibility index (Phi) is 5.78. The Morgan fingerprint density at radius 3 is 2.53 bits per heavy atom. The van der Waals surface area contributed by atoms with E-state index in [2.05, 4.69) is 11.4 Å². The predicted molar refractivity (Wildman–Crippen MR) is 144 cm³/mol. The van der Waals surface area contributed by atoms with Crippen LogP contribution in [0.15, 0.2) is 66.0 Å². The van der Waals surface area contributed by atoms with E-state index in [0.29, 0.717) is 18.0 Å². The summed E-state index contributed by atoms with van der Waals surface area (Å²) >= 11 is 3.17. The summed E-state index contributed by atoms with van der Waals surface area (Å²) in [6.45, 7) is 2.62. The third kappa shape index (κ3) is 3.68. The fraction of sp³-hybridized carbons (Fsp3) is 0.214. The average molecular weight is 516 g/mol. The summed E-state index contributed by atoms with van der Waals surface area (Å²) < 4.78 is 13.1. The number of amides is 1. The van der Waals surface area contributed by atoms with Gasteiger partial charge in [0.15, 0.2) is 11.5 Å². The minimum Gasteiger partial charge on any atom is -0.493 e. The van der Waals surface area contributed by atoms with E-state index in [9.17, 15) is 4.79 Å². The van der Waals surface area contributed by atoms with E-state index in [1.807, 2.05) is 71.1 Å². The number of fused-ring (bicyclic) bond motifs is 2. The normalized spacial score (nSPS) is 15.2. The summed E-state index contributed by atoms with van der Waals surface area (Å²) in [7, 11) is 3.30. The smallest absolute Gasteiger partial charge is 0.264 e. The Morgan fingerprint density at radius 1 is 1.03 bits per heavy atom. The van der Waals surface area contributed by atoms with E-state index in [4.69, 9.17) is 14.6 Å². The van der Waals surface area contributed by atoms with E-state index in [0.717, 1.165) is 43.3 Å². The van der Waals surface area contributed by atoms with E-state index in [1.165, 1.54) is 16.9 Å². The number of carbonyl (C=O) groups excluding carboxylic acids is 1. The molecule has 4 heterocycles. The highest BCUT2D eigenvalue weighted by Gasteiger charge is 2.35. The first-order valence-corrected chi connectivity index (χ1v) is 13.4. The second kappa shape index (κ2) is 9.11. The molecule has 0 saturated heterocycles.